The van der Waals surface area contributed by atoms with Crippen molar-refractivity contribution in [2.45, 2.75) is 17.2 Å². The summed E-state index contributed by atoms with van der Waals surface area (Å²) < 4.78 is 61.3. The number of hydrogen-bond acceptors (Lipinski definition) is 4. The van der Waals surface area contributed by atoms with E-state index in [1.54, 1.807) is 11.4 Å². The van der Waals surface area contributed by atoms with Crippen LogP contribution in [0.15, 0.2) is 35.2 Å². The number of sulfonamides is 1. The number of rotatable bonds is 6. The summed E-state index contributed by atoms with van der Waals surface area (Å²) in [6.07, 6.45) is -7.55. The van der Waals surface area contributed by atoms with Crippen LogP contribution in [0.4, 0.5) is 13.2 Å². The highest BCUT2D eigenvalue weighted by molar-refractivity contribution is 7.89. The summed E-state index contributed by atoms with van der Waals surface area (Å²) in [4.78, 5) is 11.2. The average molecular weight is 326 g/mol. The zero-order chi connectivity index (χ0) is 16.1. The van der Waals surface area contributed by atoms with Gasteiger partial charge in [-0.15, -0.1) is 0 Å². The molecule has 0 aliphatic heterocycles. The molecule has 1 unspecified atom stereocenters. The summed E-state index contributed by atoms with van der Waals surface area (Å²) in [5.74, 6) is -0.988. The minimum absolute atomic E-state index is 0.0758. The number of carbonyl (C=O) groups is 1. The Bertz CT molecular complexity index is 575. The van der Waals surface area contributed by atoms with Crippen LogP contribution in [0.3, 0.4) is 0 Å². The van der Waals surface area contributed by atoms with Crippen LogP contribution in [0.2, 0.25) is 0 Å². The first-order chi connectivity index (χ1) is 9.63. The molecule has 0 fully saturated rings. The molecular weight excluding hydrogens is 313 g/mol. The number of aliphatic hydroxyl groups is 1. The Hall–Kier alpha value is -1.65. The molecule has 0 radical (unpaired) electrons. The smallest absolute Gasteiger partial charge is 0.382 e. The Balaban J connectivity index is 2.47. The van der Waals surface area contributed by atoms with E-state index in [9.17, 15) is 26.4 Å². The van der Waals surface area contributed by atoms with Crippen LogP contribution in [0, 0.1) is 0 Å². The van der Waals surface area contributed by atoms with Crippen LogP contribution in [0.25, 0.3) is 0 Å². The molecule has 118 valence electrons. The van der Waals surface area contributed by atoms with Crippen molar-refractivity contribution in [3.8, 4) is 0 Å². The van der Waals surface area contributed by atoms with E-state index in [4.69, 9.17) is 5.11 Å². The van der Waals surface area contributed by atoms with Crippen molar-refractivity contribution in [1.29, 1.82) is 0 Å². The normalized spacial score (nSPS) is 13.7. The van der Waals surface area contributed by atoms with Gasteiger partial charge in [0.25, 0.3) is 0 Å². The van der Waals surface area contributed by atoms with E-state index in [1.165, 1.54) is 24.3 Å². The van der Waals surface area contributed by atoms with Crippen molar-refractivity contribution >= 4 is 15.9 Å². The first-order valence-corrected chi connectivity index (χ1v) is 7.17. The van der Waals surface area contributed by atoms with Gasteiger partial charge in [-0.25, -0.2) is 13.1 Å². The lowest BCUT2D eigenvalue weighted by atomic mass is 10.3. The van der Waals surface area contributed by atoms with Crippen molar-refractivity contribution in [2.24, 2.45) is 0 Å². The van der Waals surface area contributed by atoms with E-state index in [0.717, 1.165) is 0 Å². The van der Waals surface area contributed by atoms with Gasteiger partial charge in [-0.1, -0.05) is 18.2 Å². The second kappa shape index (κ2) is 6.87. The van der Waals surface area contributed by atoms with Crippen molar-refractivity contribution in [2.75, 3.05) is 13.1 Å². The van der Waals surface area contributed by atoms with Gasteiger partial charge in [0.15, 0.2) is 6.10 Å². The SMILES string of the molecule is O=C(CNS(=O)(=O)c1ccccc1)NCC(O)C(F)(F)F. The molecule has 0 heterocycles. The average Bonchev–Trinajstić information content (AvgIpc) is 2.42. The number of nitrogens with one attached hydrogen (secondary N) is 2. The molecule has 1 atom stereocenters. The quantitative estimate of drug-likeness (QED) is 0.686. The Labute approximate surface area is 119 Å². The second-order valence-electron chi connectivity index (χ2n) is 4.00. The maximum Gasteiger partial charge on any atom is 0.416 e. The molecule has 1 aromatic carbocycles. The number of aliphatic hydroxyl groups excluding tert-OH is 1. The monoisotopic (exact) mass is 326 g/mol. The highest BCUT2D eigenvalue weighted by Crippen LogP contribution is 2.19. The molecule has 3 N–H and O–H groups in total. The molecule has 1 rings (SSSR count). The summed E-state index contributed by atoms with van der Waals surface area (Å²) in [6.45, 7) is -1.78. The molecule has 1 aromatic rings. The van der Waals surface area contributed by atoms with Crippen LogP contribution >= 0.6 is 0 Å². The summed E-state index contributed by atoms with van der Waals surface area (Å²) in [5.41, 5.74) is 0. The molecule has 0 aliphatic rings. The van der Waals surface area contributed by atoms with Gasteiger partial charge in [-0.3, -0.25) is 4.79 Å². The Morgan fingerprint density at radius 1 is 1.24 bits per heavy atom. The summed E-state index contributed by atoms with van der Waals surface area (Å²) in [6, 6.07) is 7.16. The first-order valence-electron chi connectivity index (χ1n) is 5.69. The van der Waals surface area contributed by atoms with Crippen molar-refractivity contribution in [3.63, 3.8) is 0 Å². The highest BCUT2D eigenvalue weighted by Gasteiger charge is 2.38. The molecule has 21 heavy (non-hydrogen) atoms. The van der Waals surface area contributed by atoms with E-state index in [-0.39, 0.29) is 4.90 Å². The fourth-order valence-electron chi connectivity index (χ4n) is 1.23. The number of hydrogen-bond donors (Lipinski definition) is 3. The van der Waals surface area contributed by atoms with Gasteiger partial charge in [0, 0.05) is 0 Å². The first kappa shape index (κ1) is 17.4. The lowest BCUT2D eigenvalue weighted by Crippen LogP contribution is -2.44. The number of halogens is 3. The molecule has 0 saturated heterocycles. The van der Waals surface area contributed by atoms with E-state index in [0.29, 0.717) is 0 Å². The fraction of sp³-hybridized carbons (Fsp3) is 0.364. The standard InChI is InChI=1S/C11H13F3N2O4S/c12-11(13,14)9(17)6-15-10(18)7-16-21(19,20)8-4-2-1-3-5-8/h1-5,9,16-17H,6-7H2,(H,15,18). The predicted octanol–water partition coefficient (Wildman–Crippen LogP) is 0.00430. The zero-order valence-electron chi connectivity index (χ0n) is 10.6. The van der Waals surface area contributed by atoms with Crippen LogP contribution in [0.5, 0.6) is 0 Å². The molecular formula is C11H13F3N2O4S. The maximum absolute atomic E-state index is 12.0. The molecule has 0 spiro atoms. The maximum atomic E-state index is 12.0. The second-order valence-corrected chi connectivity index (χ2v) is 5.77. The zero-order valence-corrected chi connectivity index (χ0v) is 11.4. The van der Waals surface area contributed by atoms with Crippen molar-refractivity contribution in [3.05, 3.63) is 30.3 Å². The van der Waals surface area contributed by atoms with Crippen molar-refractivity contribution in [1.82, 2.24) is 10.0 Å². The molecule has 0 bridgehead atoms. The predicted molar refractivity (Wildman–Crippen MR) is 66.7 cm³/mol. The van der Waals surface area contributed by atoms with E-state index in [2.05, 4.69) is 0 Å². The van der Waals surface area contributed by atoms with E-state index < -0.39 is 41.3 Å². The van der Waals surface area contributed by atoms with Crippen LogP contribution in [-0.4, -0.2) is 44.8 Å². The molecule has 1 amide bonds. The topological polar surface area (TPSA) is 95.5 Å². The van der Waals surface area contributed by atoms with Crippen molar-refractivity contribution < 1.29 is 31.5 Å². The minimum atomic E-state index is -4.85. The van der Waals surface area contributed by atoms with E-state index >= 15 is 0 Å². The largest absolute Gasteiger partial charge is 0.416 e. The van der Waals surface area contributed by atoms with Crippen LogP contribution in [-0.2, 0) is 14.8 Å². The van der Waals surface area contributed by atoms with Gasteiger partial charge in [-0.05, 0) is 12.1 Å². The van der Waals surface area contributed by atoms with Gasteiger partial charge in [0.05, 0.1) is 18.0 Å². The van der Waals surface area contributed by atoms with Crippen LogP contribution in [0.1, 0.15) is 0 Å². The number of amides is 1. The minimum Gasteiger partial charge on any atom is -0.382 e. The lowest BCUT2D eigenvalue weighted by Gasteiger charge is -2.15. The molecule has 0 aliphatic carbocycles. The van der Waals surface area contributed by atoms with Crippen LogP contribution < -0.4 is 10.0 Å². The highest BCUT2D eigenvalue weighted by atomic mass is 32.2. The molecule has 0 aromatic heterocycles. The number of carbonyl (C=O) groups excluding carboxylic acids is 1. The third kappa shape index (κ3) is 5.69. The third-order valence-corrected chi connectivity index (χ3v) is 3.76. The summed E-state index contributed by atoms with van der Waals surface area (Å²) in [5, 5.41) is 10.4. The van der Waals surface area contributed by atoms with Gasteiger partial charge in [-0.2, -0.15) is 13.2 Å². The summed E-state index contributed by atoms with van der Waals surface area (Å²) >= 11 is 0. The molecule has 10 heteroatoms. The van der Waals surface area contributed by atoms with E-state index in [1.807, 2.05) is 4.72 Å². The lowest BCUT2D eigenvalue weighted by molar-refractivity contribution is -0.201. The van der Waals surface area contributed by atoms with Gasteiger partial charge >= 0.3 is 6.18 Å². The Kier molecular flexibility index (Phi) is 5.70. The fourth-order valence-corrected chi connectivity index (χ4v) is 2.24. The van der Waals surface area contributed by atoms with Gasteiger partial charge in [0.1, 0.15) is 0 Å². The number of benzene rings is 1. The number of alkyl halides is 3. The molecule has 6 nitrogen and oxygen atoms in total. The van der Waals surface area contributed by atoms with Gasteiger partial charge < -0.3 is 10.4 Å². The molecule has 0 saturated carbocycles. The summed E-state index contributed by atoms with van der Waals surface area (Å²) in [7, 11) is -3.92. The van der Waals surface area contributed by atoms with Gasteiger partial charge in [0.2, 0.25) is 15.9 Å². The third-order valence-electron chi connectivity index (χ3n) is 2.35. The Morgan fingerprint density at radius 2 is 1.81 bits per heavy atom. The Morgan fingerprint density at radius 3 is 2.33 bits per heavy atom.